The Morgan fingerprint density at radius 2 is 1.81 bits per heavy atom. The van der Waals surface area contributed by atoms with E-state index in [4.69, 9.17) is 18.9 Å². The van der Waals surface area contributed by atoms with Gasteiger partial charge in [0.1, 0.15) is 0 Å². The molecule has 10 nitrogen and oxygen atoms in total. The molecule has 2 aliphatic rings. The first kappa shape index (κ1) is 29.3. The van der Waals surface area contributed by atoms with Crippen LogP contribution in [0.5, 0.6) is 11.5 Å². The lowest BCUT2D eigenvalue weighted by atomic mass is 9.96. The van der Waals surface area contributed by atoms with Crippen LogP contribution in [0.15, 0.2) is 69.6 Å². The second-order valence-electron chi connectivity index (χ2n) is 9.63. The van der Waals surface area contributed by atoms with E-state index >= 15 is 0 Å². The predicted molar refractivity (Wildman–Crippen MR) is 157 cm³/mol. The van der Waals surface area contributed by atoms with Gasteiger partial charge in [-0.3, -0.25) is 14.2 Å². The van der Waals surface area contributed by atoms with Crippen LogP contribution in [0, 0.1) is 0 Å². The lowest BCUT2D eigenvalue weighted by Gasteiger charge is -2.26. The molecule has 0 spiro atoms. The lowest BCUT2D eigenvalue weighted by Crippen LogP contribution is -2.43. The van der Waals surface area contributed by atoms with Crippen LogP contribution in [0.25, 0.3) is 6.08 Å². The highest BCUT2D eigenvalue weighted by molar-refractivity contribution is 7.07. The van der Waals surface area contributed by atoms with Crippen LogP contribution < -0.4 is 24.4 Å². The molecule has 1 fully saturated rings. The number of ether oxygens (including phenoxy) is 4. The van der Waals surface area contributed by atoms with Crippen molar-refractivity contribution in [3.05, 3.63) is 90.6 Å². The fourth-order valence-electron chi connectivity index (χ4n) is 4.94. The molecule has 3 aromatic rings. The second-order valence-corrected chi connectivity index (χ2v) is 10.6. The molecule has 0 N–H and O–H groups in total. The van der Waals surface area contributed by atoms with Crippen molar-refractivity contribution in [3.63, 3.8) is 0 Å². The number of aromatic nitrogens is 1. The average molecular weight is 592 g/mol. The molecule has 1 saturated heterocycles. The van der Waals surface area contributed by atoms with Gasteiger partial charge in [-0.05, 0) is 50.1 Å². The van der Waals surface area contributed by atoms with Crippen molar-refractivity contribution in [2.75, 3.05) is 46.1 Å². The Kier molecular flexibility index (Phi) is 9.19. The van der Waals surface area contributed by atoms with Gasteiger partial charge in [-0.2, -0.15) is 0 Å². The molecule has 5 rings (SSSR count). The summed E-state index contributed by atoms with van der Waals surface area (Å²) in [5.41, 5.74) is 2.09. The minimum absolute atomic E-state index is 0.111. The molecule has 11 heteroatoms. The van der Waals surface area contributed by atoms with Crippen molar-refractivity contribution in [2.45, 2.75) is 26.8 Å². The number of rotatable bonds is 9. The lowest BCUT2D eigenvalue weighted by molar-refractivity contribution is -0.139. The van der Waals surface area contributed by atoms with E-state index < -0.39 is 12.0 Å². The van der Waals surface area contributed by atoms with Crippen molar-refractivity contribution >= 4 is 29.3 Å². The molecule has 220 valence electrons. The monoisotopic (exact) mass is 591 g/mol. The number of amides is 1. The summed E-state index contributed by atoms with van der Waals surface area (Å²) in [6.45, 7) is 7.99. The molecule has 0 saturated carbocycles. The van der Waals surface area contributed by atoms with Crippen molar-refractivity contribution in [3.8, 4) is 11.5 Å². The van der Waals surface area contributed by atoms with E-state index in [0.29, 0.717) is 70.6 Å². The Morgan fingerprint density at radius 1 is 1.05 bits per heavy atom. The molecular weight excluding hydrogens is 558 g/mol. The van der Waals surface area contributed by atoms with E-state index in [1.165, 1.54) is 11.3 Å². The Bertz CT molecular complexity index is 1670. The van der Waals surface area contributed by atoms with Gasteiger partial charge in [-0.1, -0.05) is 47.7 Å². The van der Waals surface area contributed by atoms with E-state index in [0.717, 1.165) is 5.56 Å². The van der Waals surface area contributed by atoms with E-state index in [-0.39, 0.29) is 24.7 Å². The highest BCUT2D eigenvalue weighted by atomic mass is 32.1. The number of hydrogen-bond donors (Lipinski definition) is 0. The third kappa shape index (κ3) is 6.17. The molecule has 42 heavy (non-hydrogen) atoms. The van der Waals surface area contributed by atoms with Gasteiger partial charge >= 0.3 is 5.97 Å². The molecule has 0 aliphatic carbocycles. The first-order valence-corrected chi connectivity index (χ1v) is 14.7. The molecule has 2 aromatic carbocycles. The number of morpholine rings is 1. The van der Waals surface area contributed by atoms with E-state index in [9.17, 15) is 14.4 Å². The number of hydrogen-bond acceptors (Lipinski definition) is 9. The third-order valence-electron chi connectivity index (χ3n) is 6.91. The number of thiazole rings is 1. The van der Waals surface area contributed by atoms with Crippen molar-refractivity contribution in [2.24, 2.45) is 4.99 Å². The number of esters is 1. The minimum atomic E-state index is -0.664. The fourth-order valence-corrected chi connectivity index (χ4v) is 5.99. The topological polar surface area (TPSA) is 109 Å². The molecular formula is C31H33N3O7S. The number of allylic oxidation sites excluding steroid dienone is 1. The number of carbonyl (C=O) groups is 2. The summed E-state index contributed by atoms with van der Waals surface area (Å²) in [6, 6.07) is 14.1. The van der Waals surface area contributed by atoms with Gasteiger partial charge in [0.2, 0.25) is 0 Å². The van der Waals surface area contributed by atoms with Crippen LogP contribution in [0.4, 0.5) is 0 Å². The summed E-state index contributed by atoms with van der Waals surface area (Å²) in [6.07, 6.45) is 1.76. The Morgan fingerprint density at radius 3 is 2.52 bits per heavy atom. The fraction of sp³-hybridized carbons (Fsp3) is 0.355. The first-order valence-electron chi connectivity index (χ1n) is 13.9. The molecule has 1 atom stereocenters. The summed E-state index contributed by atoms with van der Waals surface area (Å²) in [7, 11) is 0. The number of nitrogens with zero attached hydrogens (tertiary/aromatic N) is 3. The standard InChI is InChI=1S/C31H33N3O7S/c1-4-39-24-17-21(11-12-23(24)41-19-26(35)33-13-15-38-16-14-33)18-25-29(36)34-28(22-9-7-6-8-10-22)27(30(37)40-5-2)20(3)32-31(34)42-25/h6-12,17-18,28H,4-5,13-16,19H2,1-3H3/b25-18+/t28-/m1/s1. The summed E-state index contributed by atoms with van der Waals surface area (Å²) in [4.78, 5) is 46.2. The van der Waals surface area contributed by atoms with Crippen LogP contribution in [-0.4, -0.2) is 67.5 Å². The summed E-state index contributed by atoms with van der Waals surface area (Å²) in [5, 5.41) is 0. The summed E-state index contributed by atoms with van der Waals surface area (Å²) < 4.78 is 24.3. The third-order valence-corrected chi connectivity index (χ3v) is 7.90. The zero-order valence-electron chi connectivity index (χ0n) is 23.8. The Balaban J connectivity index is 1.49. The highest BCUT2D eigenvalue weighted by Gasteiger charge is 2.33. The molecule has 1 aromatic heterocycles. The molecule has 2 aliphatic heterocycles. The van der Waals surface area contributed by atoms with E-state index in [2.05, 4.69) is 4.99 Å². The van der Waals surface area contributed by atoms with Crippen LogP contribution in [0.2, 0.25) is 0 Å². The van der Waals surface area contributed by atoms with Gasteiger partial charge in [0.05, 0.1) is 48.3 Å². The molecule has 3 heterocycles. The van der Waals surface area contributed by atoms with Crippen LogP contribution >= 0.6 is 11.3 Å². The van der Waals surface area contributed by atoms with Gasteiger partial charge in [-0.15, -0.1) is 0 Å². The Labute approximate surface area is 247 Å². The smallest absolute Gasteiger partial charge is 0.338 e. The number of fused-ring (bicyclic) bond motifs is 1. The van der Waals surface area contributed by atoms with E-state index in [1.54, 1.807) is 47.6 Å². The van der Waals surface area contributed by atoms with Gasteiger partial charge in [0.15, 0.2) is 22.9 Å². The summed E-state index contributed by atoms with van der Waals surface area (Å²) in [5.74, 6) is 0.301. The van der Waals surface area contributed by atoms with E-state index in [1.807, 2.05) is 37.3 Å². The second kappa shape index (κ2) is 13.2. The largest absolute Gasteiger partial charge is 0.490 e. The SMILES string of the molecule is CCOC(=O)C1=C(C)N=c2s/c(=C/c3ccc(OCC(=O)N4CCOCC4)c(OCC)c3)c(=O)n2[C@@H]1c1ccccc1. The van der Waals surface area contributed by atoms with Gasteiger partial charge in [0, 0.05) is 13.1 Å². The van der Waals surface area contributed by atoms with Crippen LogP contribution in [0.1, 0.15) is 37.9 Å². The zero-order chi connectivity index (χ0) is 29.6. The summed E-state index contributed by atoms with van der Waals surface area (Å²) >= 11 is 1.25. The zero-order valence-corrected chi connectivity index (χ0v) is 24.6. The normalized spacial score (nSPS) is 17.0. The highest BCUT2D eigenvalue weighted by Crippen LogP contribution is 2.31. The van der Waals surface area contributed by atoms with Gasteiger partial charge < -0.3 is 23.8 Å². The average Bonchev–Trinajstić information content (AvgIpc) is 3.30. The maximum absolute atomic E-state index is 13.8. The van der Waals surface area contributed by atoms with Gasteiger partial charge in [0.25, 0.3) is 11.5 Å². The molecule has 0 radical (unpaired) electrons. The van der Waals surface area contributed by atoms with Crippen molar-refractivity contribution < 1.29 is 28.5 Å². The molecule has 0 unspecified atom stereocenters. The number of benzene rings is 2. The van der Waals surface area contributed by atoms with Gasteiger partial charge in [-0.25, -0.2) is 9.79 Å². The maximum Gasteiger partial charge on any atom is 0.338 e. The van der Waals surface area contributed by atoms with Crippen molar-refractivity contribution in [1.29, 1.82) is 0 Å². The van der Waals surface area contributed by atoms with Crippen LogP contribution in [0.3, 0.4) is 0 Å². The maximum atomic E-state index is 13.8. The quantitative estimate of drug-likeness (QED) is 0.352. The Hall–Kier alpha value is -4.22. The van der Waals surface area contributed by atoms with Crippen molar-refractivity contribution in [1.82, 2.24) is 9.47 Å². The number of carbonyl (C=O) groups excluding carboxylic acids is 2. The molecule has 1 amide bonds. The molecule has 0 bridgehead atoms. The minimum Gasteiger partial charge on any atom is -0.490 e. The predicted octanol–water partition coefficient (Wildman–Crippen LogP) is 2.43. The van der Waals surface area contributed by atoms with Crippen LogP contribution in [-0.2, 0) is 19.1 Å². The first-order chi connectivity index (χ1) is 20.4.